The Kier molecular flexibility index (Phi) is 4.93. The number of halogens is 2. The summed E-state index contributed by atoms with van der Waals surface area (Å²) < 4.78 is 0. The van der Waals surface area contributed by atoms with Gasteiger partial charge in [-0.3, -0.25) is 9.78 Å². The summed E-state index contributed by atoms with van der Waals surface area (Å²) in [6.45, 7) is 2.92. The van der Waals surface area contributed by atoms with E-state index >= 15 is 0 Å². The van der Waals surface area contributed by atoms with Crippen LogP contribution in [-0.4, -0.2) is 27.3 Å². The van der Waals surface area contributed by atoms with Gasteiger partial charge in [0.1, 0.15) is 10.8 Å². The van der Waals surface area contributed by atoms with E-state index in [1.165, 1.54) is 12.4 Å². The summed E-state index contributed by atoms with van der Waals surface area (Å²) in [4.78, 5) is 21.9. The fourth-order valence-electron chi connectivity index (χ4n) is 1.79. The molecule has 0 spiro atoms. The maximum absolute atomic E-state index is 12.3. The predicted molar refractivity (Wildman–Crippen MR) is 78.9 cm³/mol. The third kappa shape index (κ3) is 3.68. The molecule has 0 aliphatic heterocycles. The predicted octanol–water partition coefficient (Wildman–Crippen LogP) is 3.45. The van der Waals surface area contributed by atoms with Crippen LogP contribution in [0.1, 0.15) is 23.0 Å². The maximum atomic E-state index is 12.3. The van der Waals surface area contributed by atoms with Crippen LogP contribution in [0.3, 0.4) is 0 Å². The van der Waals surface area contributed by atoms with Crippen LogP contribution in [0.2, 0.25) is 10.2 Å². The molecule has 0 radical (unpaired) electrons. The third-order valence-corrected chi connectivity index (χ3v) is 3.17. The van der Waals surface area contributed by atoms with Crippen molar-refractivity contribution < 1.29 is 4.79 Å². The van der Waals surface area contributed by atoms with Gasteiger partial charge in [0.05, 0.1) is 12.4 Å². The van der Waals surface area contributed by atoms with Crippen LogP contribution in [0.15, 0.2) is 36.7 Å². The van der Waals surface area contributed by atoms with Crippen molar-refractivity contribution in [2.45, 2.75) is 13.5 Å². The largest absolute Gasteiger partial charge is 0.333 e. The molecule has 1 heterocycles. The lowest BCUT2D eigenvalue weighted by Crippen LogP contribution is -2.31. The number of benzene rings is 1. The monoisotopic (exact) mass is 309 g/mol. The SMILES string of the molecule is CCN(Cc1cccc(Cl)c1)C(=O)c1cncc(Cl)n1. The maximum Gasteiger partial charge on any atom is 0.274 e. The first kappa shape index (κ1) is 14.8. The van der Waals surface area contributed by atoms with Crippen molar-refractivity contribution in [1.82, 2.24) is 14.9 Å². The van der Waals surface area contributed by atoms with Crippen LogP contribution in [0, 0.1) is 0 Å². The quantitative estimate of drug-likeness (QED) is 0.869. The summed E-state index contributed by atoms with van der Waals surface area (Å²) in [5.41, 5.74) is 1.20. The van der Waals surface area contributed by atoms with E-state index in [9.17, 15) is 4.79 Å². The molecule has 0 atom stereocenters. The molecule has 0 aliphatic rings. The summed E-state index contributed by atoms with van der Waals surface area (Å²) in [5, 5.41) is 0.850. The van der Waals surface area contributed by atoms with Crippen molar-refractivity contribution in [2.24, 2.45) is 0 Å². The number of aromatic nitrogens is 2. The van der Waals surface area contributed by atoms with E-state index in [1.54, 1.807) is 11.0 Å². The van der Waals surface area contributed by atoms with E-state index in [0.29, 0.717) is 18.1 Å². The summed E-state index contributed by atoms with van der Waals surface area (Å²) in [6, 6.07) is 7.41. The summed E-state index contributed by atoms with van der Waals surface area (Å²) >= 11 is 11.7. The lowest BCUT2D eigenvalue weighted by Gasteiger charge is -2.20. The molecule has 0 unspecified atom stereocenters. The van der Waals surface area contributed by atoms with Gasteiger partial charge in [-0.05, 0) is 24.6 Å². The molecule has 4 nitrogen and oxygen atoms in total. The van der Waals surface area contributed by atoms with Crippen LogP contribution < -0.4 is 0 Å². The Morgan fingerprint density at radius 3 is 2.75 bits per heavy atom. The first-order valence-electron chi connectivity index (χ1n) is 6.11. The van der Waals surface area contributed by atoms with Crippen molar-refractivity contribution in [3.05, 3.63) is 58.1 Å². The molecule has 20 heavy (non-hydrogen) atoms. The van der Waals surface area contributed by atoms with Crippen LogP contribution in [-0.2, 0) is 6.54 Å². The van der Waals surface area contributed by atoms with Gasteiger partial charge in [-0.1, -0.05) is 35.3 Å². The van der Waals surface area contributed by atoms with Gasteiger partial charge in [0.2, 0.25) is 0 Å². The summed E-state index contributed by atoms with van der Waals surface area (Å²) in [5.74, 6) is -0.206. The minimum atomic E-state index is -0.206. The highest BCUT2D eigenvalue weighted by Gasteiger charge is 2.16. The lowest BCUT2D eigenvalue weighted by atomic mass is 10.2. The van der Waals surface area contributed by atoms with E-state index in [4.69, 9.17) is 23.2 Å². The van der Waals surface area contributed by atoms with Gasteiger partial charge in [0.25, 0.3) is 5.91 Å². The number of hydrogen-bond donors (Lipinski definition) is 0. The number of nitrogens with zero attached hydrogens (tertiary/aromatic N) is 3. The van der Waals surface area contributed by atoms with Gasteiger partial charge < -0.3 is 4.90 Å². The molecule has 0 saturated heterocycles. The minimum absolute atomic E-state index is 0.203. The van der Waals surface area contributed by atoms with E-state index < -0.39 is 0 Å². The number of rotatable bonds is 4. The fourth-order valence-corrected chi connectivity index (χ4v) is 2.15. The Bertz CT molecular complexity index is 619. The van der Waals surface area contributed by atoms with E-state index in [1.807, 2.05) is 25.1 Å². The normalized spacial score (nSPS) is 10.3. The first-order valence-corrected chi connectivity index (χ1v) is 6.87. The second-order valence-corrected chi connectivity index (χ2v) is 5.00. The smallest absolute Gasteiger partial charge is 0.274 e. The van der Waals surface area contributed by atoms with Crippen molar-refractivity contribution in [2.75, 3.05) is 6.54 Å². The number of carbonyl (C=O) groups excluding carboxylic acids is 1. The topological polar surface area (TPSA) is 46.1 Å². The lowest BCUT2D eigenvalue weighted by molar-refractivity contribution is 0.0746. The second kappa shape index (κ2) is 6.68. The Morgan fingerprint density at radius 1 is 1.30 bits per heavy atom. The molecule has 0 N–H and O–H groups in total. The van der Waals surface area contributed by atoms with Crippen LogP contribution >= 0.6 is 23.2 Å². The Hall–Kier alpha value is -1.65. The molecular weight excluding hydrogens is 297 g/mol. The average Bonchev–Trinajstić information content (AvgIpc) is 2.44. The standard InChI is InChI=1S/C14H13Cl2N3O/c1-2-19(9-10-4-3-5-11(15)6-10)14(20)12-7-17-8-13(16)18-12/h3-8H,2,9H2,1H3. The van der Waals surface area contributed by atoms with Crippen LogP contribution in [0.25, 0.3) is 0 Å². The zero-order valence-electron chi connectivity index (χ0n) is 10.9. The molecule has 0 aliphatic carbocycles. The van der Waals surface area contributed by atoms with E-state index in [2.05, 4.69) is 9.97 Å². The molecule has 0 saturated carbocycles. The number of hydrogen-bond acceptors (Lipinski definition) is 3. The molecule has 104 valence electrons. The fraction of sp³-hybridized carbons (Fsp3) is 0.214. The van der Waals surface area contributed by atoms with Crippen molar-refractivity contribution in [3.63, 3.8) is 0 Å². The molecule has 1 aromatic heterocycles. The molecule has 2 rings (SSSR count). The van der Waals surface area contributed by atoms with Crippen LogP contribution in [0.5, 0.6) is 0 Å². The minimum Gasteiger partial charge on any atom is -0.333 e. The van der Waals surface area contributed by atoms with Crippen molar-refractivity contribution in [1.29, 1.82) is 0 Å². The highest BCUT2D eigenvalue weighted by atomic mass is 35.5. The Morgan fingerprint density at radius 2 is 2.10 bits per heavy atom. The highest BCUT2D eigenvalue weighted by molar-refractivity contribution is 6.30. The zero-order chi connectivity index (χ0) is 14.5. The molecule has 2 aromatic rings. The van der Waals surface area contributed by atoms with Gasteiger partial charge in [-0.2, -0.15) is 0 Å². The third-order valence-electron chi connectivity index (χ3n) is 2.76. The first-order chi connectivity index (χ1) is 9.60. The zero-order valence-corrected chi connectivity index (χ0v) is 12.4. The second-order valence-electron chi connectivity index (χ2n) is 4.18. The molecular formula is C14H13Cl2N3O. The summed E-state index contributed by atoms with van der Waals surface area (Å²) in [6.07, 6.45) is 2.81. The Balaban J connectivity index is 2.18. The Labute approximate surface area is 127 Å². The van der Waals surface area contributed by atoms with Crippen molar-refractivity contribution in [3.8, 4) is 0 Å². The number of amides is 1. The van der Waals surface area contributed by atoms with Gasteiger partial charge in [0, 0.05) is 18.1 Å². The van der Waals surface area contributed by atoms with Gasteiger partial charge >= 0.3 is 0 Å². The molecule has 6 heteroatoms. The molecule has 0 bridgehead atoms. The van der Waals surface area contributed by atoms with E-state index in [-0.39, 0.29) is 16.8 Å². The molecule has 0 fully saturated rings. The van der Waals surface area contributed by atoms with E-state index in [0.717, 1.165) is 5.56 Å². The average molecular weight is 310 g/mol. The van der Waals surface area contributed by atoms with Gasteiger partial charge in [-0.25, -0.2) is 4.98 Å². The van der Waals surface area contributed by atoms with Gasteiger partial charge in [-0.15, -0.1) is 0 Å². The number of carbonyl (C=O) groups is 1. The summed E-state index contributed by atoms with van der Waals surface area (Å²) in [7, 11) is 0. The van der Waals surface area contributed by atoms with Crippen molar-refractivity contribution >= 4 is 29.1 Å². The highest BCUT2D eigenvalue weighted by Crippen LogP contribution is 2.14. The van der Waals surface area contributed by atoms with Gasteiger partial charge in [0.15, 0.2) is 0 Å². The molecule has 1 aromatic carbocycles. The molecule has 1 amide bonds. The van der Waals surface area contributed by atoms with Crippen LogP contribution in [0.4, 0.5) is 0 Å².